The molecule has 0 unspecified atom stereocenters. The highest BCUT2D eigenvalue weighted by molar-refractivity contribution is 8.26. The molecule has 1 aromatic carbocycles. The highest BCUT2D eigenvalue weighted by Crippen LogP contribution is 2.31. The summed E-state index contributed by atoms with van der Waals surface area (Å²) >= 11 is 6.37. The van der Waals surface area contributed by atoms with Crippen LogP contribution in [-0.4, -0.2) is 33.1 Å². The van der Waals surface area contributed by atoms with Gasteiger partial charge in [0.1, 0.15) is 10.1 Å². The van der Waals surface area contributed by atoms with Crippen LogP contribution in [0.3, 0.4) is 0 Å². The molecule has 2 amide bonds. The largest absolute Gasteiger partial charge is 0.307 e. The van der Waals surface area contributed by atoms with Crippen molar-refractivity contribution < 1.29 is 9.59 Å². The van der Waals surface area contributed by atoms with Crippen LogP contribution in [0, 0.1) is 0 Å². The normalized spacial score (nSPS) is 15.9. The molecule has 0 saturated carbocycles. The van der Waals surface area contributed by atoms with Gasteiger partial charge in [0.2, 0.25) is 0 Å². The van der Waals surface area contributed by atoms with Crippen molar-refractivity contribution in [1.29, 1.82) is 0 Å². The lowest BCUT2D eigenvalue weighted by atomic mass is 10.1. The Kier molecular flexibility index (Phi) is 4.73. The molecule has 0 radical (unpaired) electrons. The van der Waals surface area contributed by atoms with Crippen molar-refractivity contribution in [2.75, 3.05) is 12.4 Å². The molecule has 7 heteroatoms. The number of hydrogen-bond acceptors (Lipinski definition) is 5. The first-order chi connectivity index (χ1) is 11.5. The van der Waals surface area contributed by atoms with Crippen LogP contribution in [0.1, 0.15) is 15.9 Å². The van der Waals surface area contributed by atoms with E-state index in [0.29, 0.717) is 20.6 Å². The molecule has 1 aromatic heterocycles. The molecule has 1 N–H and O–H groups in total. The summed E-state index contributed by atoms with van der Waals surface area (Å²) in [7, 11) is 1.66. The average Bonchev–Trinajstić information content (AvgIpc) is 2.83. The monoisotopic (exact) mass is 355 g/mol. The van der Waals surface area contributed by atoms with E-state index < -0.39 is 0 Å². The average molecular weight is 355 g/mol. The molecule has 1 aliphatic rings. The molecule has 2 heterocycles. The highest BCUT2D eigenvalue weighted by Gasteiger charge is 2.28. The summed E-state index contributed by atoms with van der Waals surface area (Å²) in [5.74, 6) is 0.153. The maximum Gasteiger partial charge on any atom is 0.265 e. The Balaban J connectivity index is 1.73. The third-order valence-electron chi connectivity index (χ3n) is 3.36. The Bertz CT molecular complexity index is 833. The third-order valence-corrected chi connectivity index (χ3v) is 4.85. The van der Waals surface area contributed by atoms with E-state index in [9.17, 15) is 9.59 Å². The molecule has 5 nitrogen and oxygen atoms in total. The molecule has 3 rings (SSSR count). The van der Waals surface area contributed by atoms with E-state index in [1.54, 1.807) is 61.8 Å². The second kappa shape index (κ2) is 6.94. The van der Waals surface area contributed by atoms with Crippen molar-refractivity contribution in [1.82, 2.24) is 9.88 Å². The van der Waals surface area contributed by atoms with Crippen LogP contribution in [0.25, 0.3) is 6.08 Å². The Morgan fingerprint density at radius 2 is 2.00 bits per heavy atom. The number of pyridine rings is 1. The van der Waals surface area contributed by atoms with Gasteiger partial charge in [-0.15, -0.1) is 0 Å². The maximum atomic E-state index is 12.2. The Labute approximate surface area is 148 Å². The van der Waals surface area contributed by atoms with Gasteiger partial charge in [-0.1, -0.05) is 42.2 Å². The minimum atomic E-state index is -0.236. The van der Waals surface area contributed by atoms with E-state index >= 15 is 0 Å². The minimum Gasteiger partial charge on any atom is -0.307 e. The number of thioether (sulfide) groups is 1. The number of carbonyl (C=O) groups excluding carboxylic acids is 2. The number of anilines is 1. The number of benzene rings is 1. The number of aromatic nitrogens is 1. The standard InChI is InChI=1S/C17H13N3O2S2/c1-20-16(22)13(24-17(20)23)10-11-5-7-12(8-6-11)15(21)19-14-4-2-3-9-18-14/h2-10H,1H3,(H,18,19,21). The van der Waals surface area contributed by atoms with Crippen LogP contribution in [0.15, 0.2) is 53.6 Å². The maximum absolute atomic E-state index is 12.2. The number of rotatable bonds is 3. The SMILES string of the molecule is CN1C(=O)C(=Cc2ccc(C(=O)Nc3ccccn3)cc2)SC1=S. The number of nitrogens with one attached hydrogen (secondary N) is 1. The van der Waals surface area contributed by atoms with E-state index in [0.717, 1.165) is 5.56 Å². The smallest absolute Gasteiger partial charge is 0.265 e. The predicted molar refractivity (Wildman–Crippen MR) is 99.6 cm³/mol. The first-order valence-corrected chi connectivity index (χ1v) is 8.31. The van der Waals surface area contributed by atoms with E-state index in [4.69, 9.17) is 12.2 Å². The predicted octanol–water partition coefficient (Wildman–Crippen LogP) is 3.16. The molecule has 2 aromatic rings. The highest BCUT2D eigenvalue weighted by atomic mass is 32.2. The lowest BCUT2D eigenvalue weighted by Gasteiger charge is -2.05. The lowest BCUT2D eigenvalue weighted by Crippen LogP contribution is -2.22. The second-order valence-corrected chi connectivity index (χ2v) is 6.71. The molecule has 24 heavy (non-hydrogen) atoms. The summed E-state index contributed by atoms with van der Waals surface area (Å²) in [4.78, 5) is 30.2. The van der Waals surface area contributed by atoms with Gasteiger partial charge in [-0.05, 0) is 35.9 Å². The Morgan fingerprint density at radius 1 is 1.25 bits per heavy atom. The van der Waals surface area contributed by atoms with E-state index in [1.807, 2.05) is 0 Å². The zero-order chi connectivity index (χ0) is 17.1. The summed E-state index contributed by atoms with van der Waals surface area (Å²) in [5.41, 5.74) is 1.35. The number of nitrogens with zero attached hydrogens (tertiary/aromatic N) is 2. The lowest BCUT2D eigenvalue weighted by molar-refractivity contribution is -0.121. The van der Waals surface area contributed by atoms with Crippen LogP contribution in [-0.2, 0) is 4.79 Å². The molecule has 0 bridgehead atoms. The first kappa shape index (κ1) is 16.4. The quantitative estimate of drug-likeness (QED) is 0.677. The van der Waals surface area contributed by atoms with Crippen LogP contribution in [0.2, 0.25) is 0 Å². The van der Waals surface area contributed by atoms with Gasteiger partial charge >= 0.3 is 0 Å². The van der Waals surface area contributed by atoms with Crippen LogP contribution in [0.5, 0.6) is 0 Å². The van der Waals surface area contributed by atoms with Gasteiger partial charge in [0, 0.05) is 18.8 Å². The molecule has 120 valence electrons. The molecule has 1 saturated heterocycles. The van der Waals surface area contributed by atoms with Crippen LogP contribution in [0.4, 0.5) is 5.82 Å². The molecule has 0 aliphatic carbocycles. The van der Waals surface area contributed by atoms with Crippen molar-refractivity contribution in [3.8, 4) is 0 Å². The third kappa shape index (κ3) is 3.52. The van der Waals surface area contributed by atoms with Gasteiger partial charge in [0.15, 0.2) is 0 Å². The molecule has 0 atom stereocenters. The molecule has 1 fully saturated rings. The van der Waals surface area contributed by atoms with Crippen molar-refractivity contribution in [3.63, 3.8) is 0 Å². The summed E-state index contributed by atoms with van der Waals surface area (Å²) in [6, 6.07) is 12.3. The fourth-order valence-corrected chi connectivity index (χ4v) is 3.23. The number of likely N-dealkylation sites (N-methyl/N-ethyl adjacent to an activating group) is 1. The number of thiocarbonyl (C=S) groups is 1. The molecule has 1 aliphatic heterocycles. The van der Waals surface area contributed by atoms with Crippen molar-refractivity contribution >= 4 is 52.0 Å². The summed E-state index contributed by atoms with van der Waals surface area (Å²) < 4.78 is 0.539. The van der Waals surface area contributed by atoms with Crippen molar-refractivity contribution in [2.45, 2.75) is 0 Å². The van der Waals surface area contributed by atoms with Crippen LogP contribution < -0.4 is 5.32 Å². The Morgan fingerprint density at radius 3 is 2.58 bits per heavy atom. The van der Waals surface area contributed by atoms with Gasteiger partial charge in [-0.2, -0.15) is 0 Å². The number of amides is 2. The second-order valence-electron chi connectivity index (χ2n) is 5.03. The fourth-order valence-electron chi connectivity index (χ4n) is 2.05. The van der Waals surface area contributed by atoms with E-state index in [1.165, 1.54) is 16.7 Å². The number of carbonyl (C=O) groups is 2. The molecule has 0 spiro atoms. The summed E-state index contributed by atoms with van der Waals surface area (Å²) in [6.45, 7) is 0. The zero-order valence-corrected chi connectivity index (χ0v) is 14.4. The molecular weight excluding hydrogens is 342 g/mol. The topological polar surface area (TPSA) is 62.3 Å². The minimum absolute atomic E-state index is 0.109. The number of hydrogen-bond donors (Lipinski definition) is 1. The van der Waals surface area contributed by atoms with Crippen molar-refractivity contribution in [3.05, 3.63) is 64.7 Å². The van der Waals surface area contributed by atoms with Crippen LogP contribution >= 0.6 is 24.0 Å². The Hall–Kier alpha value is -2.51. The summed E-state index contributed by atoms with van der Waals surface area (Å²) in [5, 5.41) is 2.72. The van der Waals surface area contributed by atoms with E-state index in [2.05, 4.69) is 10.3 Å². The fraction of sp³-hybridized carbons (Fsp3) is 0.0588. The van der Waals surface area contributed by atoms with E-state index in [-0.39, 0.29) is 11.8 Å². The zero-order valence-electron chi connectivity index (χ0n) is 12.7. The molecular formula is C17H13N3O2S2. The van der Waals surface area contributed by atoms with Gasteiger partial charge in [-0.3, -0.25) is 14.5 Å². The van der Waals surface area contributed by atoms with Gasteiger partial charge in [0.05, 0.1) is 4.91 Å². The first-order valence-electron chi connectivity index (χ1n) is 7.08. The van der Waals surface area contributed by atoms with Gasteiger partial charge in [0.25, 0.3) is 11.8 Å². The van der Waals surface area contributed by atoms with Crippen molar-refractivity contribution in [2.24, 2.45) is 0 Å². The van der Waals surface area contributed by atoms with Gasteiger partial charge < -0.3 is 5.32 Å². The van der Waals surface area contributed by atoms with Gasteiger partial charge in [-0.25, -0.2) is 4.98 Å². The summed E-state index contributed by atoms with van der Waals surface area (Å²) in [6.07, 6.45) is 3.38.